The molecular formula is C19H18FNO5S. The molecule has 2 N–H and O–H groups in total. The van der Waals surface area contributed by atoms with Crippen molar-refractivity contribution in [1.82, 2.24) is 4.72 Å². The Balaban J connectivity index is 1.81. The van der Waals surface area contributed by atoms with E-state index in [-0.39, 0.29) is 29.4 Å². The number of aromatic carboxylic acids is 1. The SMILES string of the molecule is Cc1ccc(F)c(CCNS(=O)(=O)c2ccc3oc(C(=O)O)c(C)c3c2)c1. The van der Waals surface area contributed by atoms with Crippen LogP contribution in [0.2, 0.25) is 0 Å². The summed E-state index contributed by atoms with van der Waals surface area (Å²) in [5, 5.41) is 9.52. The second-order valence-corrected chi connectivity index (χ2v) is 8.03. The Kier molecular flexibility index (Phi) is 5.03. The number of benzene rings is 2. The van der Waals surface area contributed by atoms with E-state index in [0.29, 0.717) is 22.1 Å². The van der Waals surface area contributed by atoms with E-state index < -0.39 is 16.0 Å². The molecule has 0 fully saturated rings. The number of carbonyl (C=O) groups is 1. The lowest BCUT2D eigenvalue weighted by molar-refractivity contribution is 0.0664. The molecule has 0 atom stereocenters. The first-order valence-corrected chi connectivity index (χ1v) is 9.68. The molecule has 3 rings (SSSR count). The van der Waals surface area contributed by atoms with Gasteiger partial charge in [-0.15, -0.1) is 0 Å². The summed E-state index contributed by atoms with van der Waals surface area (Å²) in [5.41, 5.74) is 1.98. The third-order valence-corrected chi connectivity index (χ3v) is 5.76. The molecule has 0 saturated carbocycles. The minimum atomic E-state index is -3.83. The molecule has 27 heavy (non-hydrogen) atoms. The molecule has 0 radical (unpaired) electrons. The van der Waals surface area contributed by atoms with Crippen LogP contribution in [0.3, 0.4) is 0 Å². The molecule has 0 saturated heterocycles. The van der Waals surface area contributed by atoms with Crippen molar-refractivity contribution >= 4 is 27.0 Å². The van der Waals surface area contributed by atoms with Gasteiger partial charge >= 0.3 is 5.97 Å². The maximum atomic E-state index is 13.8. The summed E-state index contributed by atoms with van der Waals surface area (Å²) in [6, 6.07) is 8.82. The zero-order chi connectivity index (χ0) is 19.8. The first-order chi connectivity index (χ1) is 12.7. The summed E-state index contributed by atoms with van der Waals surface area (Å²) in [5.74, 6) is -1.81. The van der Waals surface area contributed by atoms with Crippen LogP contribution in [-0.4, -0.2) is 26.0 Å². The lowest BCUT2D eigenvalue weighted by Crippen LogP contribution is -2.26. The summed E-state index contributed by atoms with van der Waals surface area (Å²) in [4.78, 5) is 11.1. The van der Waals surface area contributed by atoms with E-state index in [4.69, 9.17) is 9.52 Å². The largest absolute Gasteiger partial charge is 0.475 e. The van der Waals surface area contributed by atoms with E-state index in [2.05, 4.69) is 4.72 Å². The molecule has 0 aliphatic carbocycles. The molecule has 142 valence electrons. The van der Waals surface area contributed by atoms with Gasteiger partial charge in [-0.2, -0.15) is 0 Å². The zero-order valence-corrected chi connectivity index (χ0v) is 15.6. The predicted octanol–water partition coefficient (Wildman–Crippen LogP) is 3.41. The van der Waals surface area contributed by atoms with Gasteiger partial charge in [0.1, 0.15) is 11.4 Å². The summed E-state index contributed by atoms with van der Waals surface area (Å²) < 4.78 is 46.5. The summed E-state index contributed by atoms with van der Waals surface area (Å²) in [7, 11) is -3.83. The minimum Gasteiger partial charge on any atom is -0.475 e. The van der Waals surface area contributed by atoms with E-state index in [1.807, 2.05) is 6.92 Å². The fraction of sp³-hybridized carbons (Fsp3) is 0.211. The third kappa shape index (κ3) is 3.86. The highest BCUT2D eigenvalue weighted by Gasteiger charge is 2.20. The maximum absolute atomic E-state index is 13.8. The highest BCUT2D eigenvalue weighted by Crippen LogP contribution is 2.27. The van der Waals surface area contributed by atoms with Gasteiger partial charge in [-0.3, -0.25) is 0 Å². The van der Waals surface area contributed by atoms with Gasteiger partial charge in [0.25, 0.3) is 0 Å². The maximum Gasteiger partial charge on any atom is 0.372 e. The van der Waals surface area contributed by atoms with Crippen molar-refractivity contribution in [2.75, 3.05) is 6.54 Å². The molecule has 1 aromatic heterocycles. The Labute approximate surface area is 155 Å². The number of fused-ring (bicyclic) bond motifs is 1. The summed E-state index contributed by atoms with van der Waals surface area (Å²) >= 11 is 0. The molecule has 0 aliphatic rings. The van der Waals surface area contributed by atoms with Crippen molar-refractivity contribution in [3.8, 4) is 0 Å². The lowest BCUT2D eigenvalue weighted by Gasteiger charge is -2.08. The minimum absolute atomic E-state index is 0.0134. The monoisotopic (exact) mass is 391 g/mol. The molecular weight excluding hydrogens is 373 g/mol. The molecule has 0 aliphatic heterocycles. The Morgan fingerprint density at radius 3 is 2.63 bits per heavy atom. The van der Waals surface area contributed by atoms with Crippen LogP contribution in [0.1, 0.15) is 27.2 Å². The molecule has 8 heteroatoms. The first kappa shape index (κ1) is 19.1. The van der Waals surface area contributed by atoms with Crippen molar-refractivity contribution in [2.24, 2.45) is 0 Å². The Morgan fingerprint density at radius 2 is 1.93 bits per heavy atom. The topological polar surface area (TPSA) is 96.6 Å². The van der Waals surface area contributed by atoms with E-state index in [9.17, 15) is 17.6 Å². The molecule has 0 bridgehead atoms. The fourth-order valence-electron chi connectivity index (χ4n) is 2.87. The van der Waals surface area contributed by atoms with Crippen molar-refractivity contribution < 1.29 is 27.1 Å². The molecule has 3 aromatic rings. The number of furan rings is 1. The highest BCUT2D eigenvalue weighted by atomic mass is 32.2. The summed E-state index contributed by atoms with van der Waals surface area (Å²) in [6.07, 6.45) is 0.211. The second-order valence-electron chi connectivity index (χ2n) is 6.26. The van der Waals surface area contributed by atoms with Gasteiger partial charge in [-0.05, 0) is 50.1 Å². The van der Waals surface area contributed by atoms with Gasteiger partial charge in [-0.25, -0.2) is 22.3 Å². The van der Waals surface area contributed by atoms with E-state index >= 15 is 0 Å². The predicted molar refractivity (Wildman–Crippen MR) is 97.9 cm³/mol. The molecule has 1 heterocycles. The number of hydrogen-bond donors (Lipinski definition) is 2. The average Bonchev–Trinajstić information content (AvgIpc) is 2.94. The standard InChI is InChI=1S/C19H18FNO5S/c1-11-3-5-16(20)13(9-11)7-8-21-27(24,25)14-4-6-17-15(10-14)12(2)18(26-17)19(22)23/h3-6,9-10,21H,7-8H2,1-2H3,(H,22,23). The number of hydrogen-bond acceptors (Lipinski definition) is 4. The van der Waals surface area contributed by atoms with E-state index in [0.717, 1.165) is 5.56 Å². The number of carboxylic acids is 1. The van der Waals surface area contributed by atoms with Gasteiger partial charge < -0.3 is 9.52 Å². The smallest absolute Gasteiger partial charge is 0.372 e. The van der Waals surface area contributed by atoms with E-state index in [1.54, 1.807) is 19.1 Å². The van der Waals surface area contributed by atoms with Crippen molar-refractivity contribution in [2.45, 2.75) is 25.2 Å². The number of aryl methyl sites for hydroxylation is 2. The zero-order valence-electron chi connectivity index (χ0n) is 14.7. The highest BCUT2D eigenvalue weighted by molar-refractivity contribution is 7.89. The van der Waals surface area contributed by atoms with Crippen LogP contribution in [0.25, 0.3) is 11.0 Å². The Morgan fingerprint density at radius 1 is 1.19 bits per heavy atom. The third-order valence-electron chi connectivity index (χ3n) is 4.30. The van der Waals surface area contributed by atoms with Gasteiger partial charge in [0.05, 0.1) is 4.90 Å². The van der Waals surface area contributed by atoms with Gasteiger partial charge in [-0.1, -0.05) is 17.7 Å². The number of nitrogens with one attached hydrogen (secondary N) is 1. The van der Waals surface area contributed by atoms with Crippen LogP contribution in [0.4, 0.5) is 4.39 Å². The van der Waals surface area contributed by atoms with Crippen molar-refractivity contribution in [3.63, 3.8) is 0 Å². The molecule has 0 unspecified atom stereocenters. The first-order valence-electron chi connectivity index (χ1n) is 8.20. The molecule has 6 nitrogen and oxygen atoms in total. The number of rotatable bonds is 6. The van der Waals surface area contributed by atoms with Crippen LogP contribution in [0, 0.1) is 19.7 Å². The van der Waals surface area contributed by atoms with Gasteiger partial charge in [0, 0.05) is 17.5 Å². The quantitative estimate of drug-likeness (QED) is 0.671. The molecule has 2 aromatic carbocycles. The van der Waals surface area contributed by atoms with Crippen LogP contribution < -0.4 is 4.72 Å². The van der Waals surface area contributed by atoms with Crippen LogP contribution in [0.5, 0.6) is 0 Å². The van der Waals surface area contributed by atoms with Gasteiger partial charge in [0.15, 0.2) is 0 Å². The van der Waals surface area contributed by atoms with Crippen molar-refractivity contribution in [3.05, 3.63) is 64.7 Å². The Bertz CT molecular complexity index is 1130. The lowest BCUT2D eigenvalue weighted by atomic mass is 10.1. The average molecular weight is 391 g/mol. The molecule has 0 spiro atoms. The van der Waals surface area contributed by atoms with Crippen LogP contribution in [0.15, 0.2) is 45.7 Å². The number of carboxylic acid groups (broad SMARTS) is 1. The fourth-order valence-corrected chi connectivity index (χ4v) is 3.93. The normalized spacial score (nSPS) is 11.8. The molecule has 0 amide bonds. The van der Waals surface area contributed by atoms with Crippen LogP contribution >= 0.6 is 0 Å². The number of halogens is 1. The number of sulfonamides is 1. The summed E-state index contributed by atoms with van der Waals surface area (Å²) in [6.45, 7) is 3.42. The second kappa shape index (κ2) is 7.13. The Hall–Kier alpha value is -2.71. The van der Waals surface area contributed by atoms with Crippen molar-refractivity contribution in [1.29, 1.82) is 0 Å². The van der Waals surface area contributed by atoms with E-state index in [1.165, 1.54) is 24.3 Å². The van der Waals surface area contributed by atoms with Gasteiger partial charge in [0.2, 0.25) is 15.8 Å². The van der Waals surface area contributed by atoms with Crippen LogP contribution in [-0.2, 0) is 16.4 Å².